The molecule has 0 heterocycles. The molecule has 0 aliphatic carbocycles. The van der Waals surface area contributed by atoms with Crippen LogP contribution in [0, 0.1) is 13.8 Å². The van der Waals surface area contributed by atoms with Gasteiger partial charge in [-0.1, -0.05) is 32.6 Å². The number of phenols is 1. The Labute approximate surface area is 222 Å². The molecule has 0 spiro atoms. The number of carbonyl (C=O) groups is 1. The SMILES string of the molecule is C=C(O)CCCC(O)CCCC(C)OC(=O)COc1cc(C)c(Cc2ccc(O)c(C(C)C)c2)c(C)c1. The highest BCUT2D eigenvalue weighted by atomic mass is 16.6. The number of carbonyl (C=O) groups excluding carboxylic acids is 1. The van der Waals surface area contributed by atoms with Crippen LogP contribution in [0.5, 0.6) is 11.5 Å². The summed E-state index contributed by atoms with van der Waals surface area (Å²) in [5.41, 5.74) is 5.45. The van der Waals surface area contributed by atoms with E-state index >= 15 is 0 Å². The third kappa shape index (κ3) is 10.5. The Balaban J connectivity index is 1.82. The van der Waals surface area contributed by atoms with Gasteiger partial charge in [-0.2, -0.15) is 0 Å². The predicted octanol–water partition coefficient (Wildman–Crippen LogP) is 6.81. The lowest BCUT2D eigenvalue weighted by Gasteiger charge is -2.17. The largest absolute Gasteiger partial charge is 0.513 e. The van der Waals surface area contributed by atoms with Crippen molar-refractivity contribution in [1.82, 2.24) is 0 Å². The number of aryl methyl sites for hydroxylation is 2. The smallest absolute Gasteiger partial charge is 0.344 e. The second kappa shape index (κ2) is 14.7. The van der Waals surface area contributed by atoms with Crippen LogP contribution in [0.15, 0.2) is 42.7 Å². The fourth-order valence-electron chi connectivity index (χ4n) is 4.48. The highest BCUT2D eigenvalue weighted by Gasteiger charge is 2.14. The Hall–Kier alpha value is -2.99. The fourth-order valence-corrected chi connectivity index (χ4v) is 4.48. The predicted molar refractivity (Wildman–Crippen MR) is 147 cm³/mol. The molecule has 0 radical (unpaired) electrons. The van der Waals surface area contributed by atoms with Crippen LogP contribution in [0.2, 0.25) is 0 Å². The van der Waals surface area contributed by atoms with Crippen LogP contribution in [0.25, 0.3) is 0 Å². The van der Waals surface area contributed by atoms with Crippen molar-refractivity contribution in [3.63, 3.8) is 0 Å². The number of aliphatic hydroxyl groups is 2. The summed E-state index contributed by atoms with van der Waals surface area (Å²) in [4.78, 5) is 12.3. The van der Waals surface area contributed by atoms with Crippen molar-refractivity contribution in [3.05, 3.63) is 70.5 Å². The van der Waals surface area contributed by atoms with E-state index in [1.165, 1.54) is 5.56 Å². The fraction of sp³-hybridized carbons (Fsp3) is 0.516. The molecular weight excluding hydrogens is 468 g/mol. The molecule has 37 heavy (non-hydrogen) atoms. The van der Waals surface area contributed by atoms with Crippen molar-refractivity contribution in [2.24, 2.45) is 0 Å². The second-order valence-electron chi connectivity index (χ2n) is 10.4. The van der Waals surface area contributed by atoms with E-state index in [1.54, 1.807) is 6.07 Å². The summed E-state index contributed by atoms with van der Waals surface area (Å²) in [6, 6.07) is 9.66. The minimum Gasteiger partial charge on any atom is -0.513 e. The number of hydrogen-bond acceptors (Lipinski definition) is 6. The lowest BCUT2D eigenvalue weighted by atomic mass is 9.93. The number of aromatic hydroxyl groups is 1. The monoisotopic (exact) mass is 512 g/mol. The van der Waals surface area contributed by atoms with Crippen molar-refractivity contribution < 1.29 is 29.6 Å². The zero-order chi connectivity index (χ0) is 27.5. The van der Waals surface area contributed by atoms with Gasteiger partial charge in [0.05, 0.1) is 18.0 Å². The molecule has 2 rings (SSSR count). The van der Waals surface area contributed by atoms with Crippen LogP contribution in [0.1, 0.15) is 93.0 Å². The summed E-state index contributed by atoms with van der Waals surface area (Å²) >= 11 is 0. The van der Waals surface area contributed by atoms with Crippen molar-refractivity contribution in [1.29, 1.82) is 0 Å². The average Bonchev–Trinajstić information content (AvgIpc) is 2.80. The zero-order valence-electron chi connectivity index (χ0n) is 23.0. The number of allylic oxidation sites excluding steroid dienone is 1. The van der Waals surface area contributed by atoms with Gasteiger partial charge in [-0.3, -0.25) is 0 Å². The second-order valence-corrected chi connectivity index (χ2v) is 10.4. The van der Waals surface area contributed by atoms with Crippen LogP contribution in [-0.4, -0.2) is 40.1 Å². The van der Waals surface area contributed by atoms with Gasteiger partial charge in [-0.05, 0) is 111 Å². The molecule has 0 aliphatic heterocycles. The number of aliphatic hydroxyl groups excluding tert-OH is 2. The number of hydrogen-bond donors (Lipinski definition) is 3. The maximum Gasteiger partial charge on any atom is 0.344 e. The van der Waals surface area contributed by atoms with Crippen LogP contribution < -0.4 is 4.74 Å². The molecule has 0 saturated heterocycles. The Morgan fingerprint density at radius 2 is 1.65 bits per heavy atom. The minimum atomic E-state index is -0.425. The first kappa shape index (κ1) is 30.2. The van der Waals surface area contributed by atoms with E-state index < -0.39 is 12.1 Å². The first-order chi connectivity index (χ1) is 17.5. The molecule has 204 valence electrons. The molecular formula is C31H44O6. The lowest BCUT2D eigenvalue weighted by molar-refractivity contribution is -0.151. The van der Waals surface area contributed by atoms with E-state index in [4.69, 9.17) is 14.6 Å². The van der Waals surface area contributed by atoms with E-state index in [1.807, 2.05) is 39.0 Å². The van der Waals surface area contributed by atoms with Crippen molar-refractivity contribution in [2.75, 3.05) is 6.61 Å². The van der Waals surface area contributed by atoms with Crippen LogP contribution in [-0.2, 0) is 16.0 Å². The molecule has 2 atom stereocenters. The standard InChI is InChI=1S/C31H44O6/c1-20(2)28-17-25(13-14-30(28)34)18-29-21(3)15-27(16-22(29)4)36-19-31(35)37-24(6)10-8-12-26(33)11-7-9-23(5)32/h13-17,20,24,26,32-34H,5,7-12,18-19H2,1-4,6H3. The molecule has 0 amide bonds. The number of phenolic OH excluding ortho intramolecular Hbond substituents is 1. The van der Waals surface area contributed by atoms with Crippen LogP contribution in [0.4, 0.5) is 0 Å². The van der Waals surface area contributed by atoms with Crippen molar-refractivity contribution in [3.8, 4) is 11.5 Å². The van der Waals surface area contributed by atoms with Crippen molar-refractivity contribution >= 4 is 5.97 Å². The van der Waals surface area contributed by atoms with E-state index in [2.05, 4.69) is 26.5 Å². The molecule has 0 aliphatic rings. The van der Waals surface area contributed by atoms with Gasteiger partial charge in [0.2, 0.25) is 0 Å². The molecule has 0 saturated carbocycles. The molecule has 6 nitrogen and oxygen atoms in total. The topological polar surface area (TPSA) is 96.2 Å². The number of rotatable bonds is 15. The van der Waals surface area contributed by atoms with E-state index in [0.29, 0.717) is 43.6 Å². The highest BCUT2D eigenvalue weighted by Crippen LogP contribution is 2.29. The molecule has 2 aromatic rings. The number of benzene rings is 2. The zero-order valence-corrected chi connectivity index (χ0v) is 23.0. The summed E-state index contributed by atoms with van der Waals surface area (Å²) in [7, 11) is 0. The molecule has 2 unspecified atom stereocenters. The van der Waals surface area contributed by atoms with Gasteiger partial charge in [0, 0.05) is 6.42 Å². The maximum absolute atomic E-state index is 12.3. The molecule has 3 N–H and O–H groups in total. The third-order valence-electron chi connectivity index (χ3n) is 6.60. The summed E-state index contributed by atoms with van der Waals surface area (Å²) in [6.45, 7) is 13.3. The van der Waals surface area contributed by atoms with E-state index in [-0.39, 0.29) is 24.4 Å². The third-order valence-corrected chi connectivity index (χ3v) is 6.60. The Morgan fingerprint density at radius 1 is 1.00 bits per heavy atom. The van der Waals surface area contributed by atoms with Gasteiger partial charge < -0.3 is 24.8 Å². The normalized spacial score (nSPS) is 12.8. The van der Waals surface area contributed by atoms with Gasteiger partial charge in [0.15, 0.2) is 6.61 Å². The van der Waals surface area contributed by atoms with Gasteiger partial charge in [0.25, 0.3) is 0 Å². The first-order valence-electron chi connectivity index (χ1n) is 13.2. The summed E-state index contributed by atoms with van der Waals surface area (Å²) in [5.74, 6) is 0.932. The first-order valence-corrected chi connectivity index (χ1v) is 13.2. The molecule has 0 aromatic heterocycles. The van der Waals surface area contributed by atoms with Gasteiger partial charge in [-0.25, -0.2) is 4.79 Å². The average molecular weight is 513 g/mol. The quantitative estimate of drug-likeness (QED) is 0.179. The number of esters is 1. The minimum absolute atomic E-state index is 0.144. The summed E-state index contributed by atoms with van der Waals surface area (Å²) in [6.07, 6.45) is 3.94. The molecule has 2 aromatic carbocycles. The molecule has 0 bridgehead atoms. The molecule has 6 heteroatoms. The van der Waals surface area contributed by atoms with Gasteiger partial charge >= 0.3 is 5.97 Å². The molecule has 0 fully saturated rings. The highest BCUT2D eigenvalue weighted by molar-refractivity contribution is 5.71. The van der Waals surface area contributed by atoms with Crippen LogP contribution in [0.3, 0.4) is 0 Å². The lowest BCUT2D eigenvalue weighted by Crippen LogP contribution is -2.21. The van der Waals surface area contributed by atoms with Gasteiger partial charge in [-0.15, -0.1) is 0 Å². The Morgan fingerprint density at radius 3 is 2.27 bits per heavy atom. The number of ether oxygens (including phenoxy) is 2. The Bertz CT molecular complexity index is 1020. The van der Waals surface area contributed by atoms with Crippen molar-refractivity contribution in [2.45, 2.75) is 97.7 Å². The summed E-state index contributed by atoms with van der Waals surface area (Å²) in [5, 5.41) is 29.2. The van der Waals surface area contributed by atoms with E-state index in [9.17, 15) is 15.0 Å². The van der Waals surface area contributed by atoms with Crippen LogP contribution >= 0.6 is 0 Å². The van der Waals surface area contributed by atoms with Gasteiger partial charge in [0.1, 0.15) is 11.5 Å². The summed E-state index contributed by atoms with van der Waals surface area (Å²) < 4.78 is 11.2. The Kier molecular flexibility index (Phi) is 12.0. The van der Waals surface area contributed by atoms with E-state index in [0.717, 1.165) is 35.1 Å². The maximum atomic E-state index is 12.3.